The fraction of sp³-hybridized carbons (Fsp3) is 0.556. The number of carbonyl (C=O) groups is 1. The highest BCUT2D eigenvalue weighted by atomic mass is 32.2. The summed E-state index contributed by atoms with van der Waals surface area (Å²) in [6, 6.07) is 9.02. The highest BCUT2D eigenvalue weighted by Crippen LogP contribution is 2.39. The molecule has 134 valence electrons. The number of hydrogen-bond acceptors (Lipinski definition) is 4. The zero-order valence-corrected chi connectivity index (χ0v) is 15.3. The lowest BCUT2D eigenvalue weighted by atomic mass is 9.86. The van der Waals surface area contributed by atoms with E-state index in [2.05, 4.69) is 6.07 Å². The molecule has 0 radical (unpaired) electrons. The maximum Gasteiger partial charge on any atom is 0.243 e. The van der Waals surface area contributed by atoms with Crippen molar-refractivity contribution in [1.29, 1.82) is 5.26 Å². The van der Waals surface area contributed by atoms with E-state index >= 15 is 0 Å². The molecule has 1 saturated carbocycles. The number of benzene rings is 1. The van der Waals surface area contributed by atoms with Gasteiger partial charge in [-0.25, -0.2) is 8.42 Å². The Kier molecular flexibility index (Phi) is 4.85. The van der Waals surface area contributed by atoms with Crippen molar-refractivity contribution in [2.24, 2.45) is 5.41 Å². The Bertz CT molecular complexity index is 782. The summed E-state index contributed by atoms with van der Waals surface area (Å²) in [6.07, 6.45) is 3.04. The molecule has 1 aromatic carbocycles. The first-order valence-corrected chi connectivity index (χ1v) is 10.1. The molecule has 1 saturated heterocycles. The number of piperazine rings is 1. The number of sulfonamides is 1. The van der Waals surface area contributed by atoms with Gasteiger partial charge in [0.2, 0.25) is 15.9 Å². The molecule has 0 unspecified atom stereocenters. The molecule has 25 heavy (non-hydrogen) atoms. The fourth-order valence-electron chi connectivity index (χ4n) is 3.65. The Morgan fingerprint density at radius 2 is 1.64 bits per heavy atom. The van der Waals surface area contributed by atoms with Crippen LogP contribution in [0.3, 0.4) is 0 Å². The second-order valence-electron chi connectivity index (χ2n) is 6.91. The number of nitriles is 1. The van der Waals surface area contributed by atoms with Gasteiger partial charge in [0.15, 0.2) is 0 Å². The van der Waals surface area contributed by atoms with Crippen LogP contribution in [0.4, 0.5) is 0 Å². The van der Waals surface area contributed by atoms with Gasteiger partial charge in [0.05, 0.1) is 11.0 Å². The first-order valence-electron chi connectivity index (χ1n) is 8.66. The van der Waals surface area contributed by atoms with Gasteiger partial charge in [-0.05, 0) is 31.9 Å². The molecule has 1 amide bonds. The van der Waals surface area contributed by atoms with E-state index in [1.807, 2.05) is 6.92 Å². The molecule has 7 heteroatoms. The molecule has 0 aromatic heterocycles. The molecule has 0 bridgehead atoms. The summed E-state index contributed by atoms with van der Waals surface area (Å²) >= 11 is 0. The van der Waals surface area contributed by atoms with Crippen LogP contribution in [0.15, 0.2) is 29.2 Å². The summed E-state index contributed by atoms with van der Waals surface area (Å²) in [5, 5.41) is 9.47. The first kappa shape index (κ1) is 17.9. The third-order valence-electron chi connectivity index (χ3n) is 5.27. The summed E-state index contributed by atoms with van der Waals surface area (Å²) in [6.45, 7) is 3.13. The Morgan fingerprint density at radius 3 is 2.16 bits per heavy atom. The number of hydrogen-bond donors (Lipinski definition) is 0. The van der Waals surface area contributed by atoms with Gasteiger partial charge >= 0.3 is 0 Å². The third-order valence-corrected chi connectivity index (χ3v) is 7.18. The highest BCUT2D eigenvalue weighted by molar-refractivity contribution is 7.89. The smallest absolute Gasteiger partial charge is 0.243 e. The van der Waals surface area contributed by atoms with Gasteiger partial charge < -0.3 is 4.90 Å². The minimum absolute atomic E-state index is 0.125. The van der Waals surface area contributed by atoms with Crippen LogP contribution in [0, 0.1) is 23.7 Å². The van der Waals surface area contributed by atoms with E-state index in [1.165, 1.54) is 4.31 Å². The van der Waals surface area contributed by atoms with Crippen molar-refractivity contribution in [1.82, 2.24) is 9.21 Å². The molecular formula is C18H23N3O3S. The van der Waals surface area contributed by atoms with Crippen molar-refractivity contribution in [2.45, 2.75) is 37.5 Å². The molecule has 6 nitrogen and oxygen atoms in total. The van der Waals surface area contributed by atoms with E-state index in [-0.39, 0.29) is 23.9 Å². The Morgan fingerprint density at radius 1 is 1.08 bits per heavy atom. The summed E-state index contributed by atoms with van der Waals surface area (Å²) < 4.78 is 26.9. The number of nitrogens with zero attached hydrogens (tertiary/aromatic N) is 3. The second-order valence-corrected chi connectivity index (χ2v) is 8.85. The van der Waals surface area contributed by atoms with Crippen LogP contribution in [0.5, 0.6) is 0 Å². The number of amides is 1. The SMILES string of the molecule is Cc1ccc(S(=O)(=O)N2CCN(C(=O)C3(C#N)CCCC3)CC2)cc1. The molecule has 0 spiro atoms. The summed E-state index contributed by atoms with van der Waals surface area (Å²) in [5.41, 5.74) is 0.116. The molecule has 1 aliphatic carbocycles. The number of aryl methyl sites for hydroxylation is 1. The Hall–Kier alpha value is -1.91. The van der Waals surface area contributed by atoms with Crippen LogP contribution < -0.4 is 0 Å². The van der Waals surface area contributed by atoms with Gasteiger partial charge in [-0.15, -0.1) is 0 Å². The molecule has 0 atom stereocenters. The van der Waals surface area contributed by atoms with Crippen LogP contribution in [0.25, 0.3) is 0 Å². The van der Waals surface area contributed by atoms with Crippen LogP contribution in [-0.4, -0.2) is 49.7 Å². The molecule has 0 N–H and O–H groups in total. The maximum absolute atomic E-state index is 12.8. The second kappa shape index (κ2) is 6.77. The minimum Gasteiger partial charge on any atom is -0.339 e. The van der Waals surface area contributed by atoms with Gasteiger partial charge in [-0.2, -0.15) is 9.57 Å². The lowest BCUT2D eigenvalue weighted by Crippen LogP contribution is -2.53. The van der Waals surface area contributed by atoms with Gasteiger partial charge in [0.1, 0.15) is 5.41 Å². The Labute approximate surface area is 149 Å². The average molecular weight is 361 g/mol. The standard InChI is InChI=1S/C18H23N3O3S/c1-15-4-6-16(7-5-15)25(23,24)21-12-10-20(11-13-21)17(22)18(14-19)8-2-3-9-18/h4-7H,2-3,8-13H2,1H3. The molecule has 3 rings (SSSR count). The summed E-state index contributed by atoms with van der Waals surface area (Å²) in [4.78, 5) is 14.7. The topological polar surface area (TPSA) is 81.5 Å². The predicted molar refractivity (Wildman–Crippen MR) is 93.0 cm³/mol. The van der Waals surface area contributed by atoms with Gasteiger partial charge in [-0.3, -0.25) is 4.79 Å². The summed E-state index contributed by atoms with van der Waals surface area (Å²) in [7, 11) is -3.54. The molecular weight excluding hydrogens is 338 g/mol. The Balaban J connectivity index is 1.68. The third kappa shape index (κ3) is 3.29. The minimum atomic E-state index is -3.54. The number of carbonyl (C=O) groups excluding carboxylic acids is 1. The fourth-order valence-corrected chi connectivity index (χ4v) is 5.07. The van der Waals surface area contributed by atoms with Crippen molar-refractivity contribution in [3.8, 4) is 6.07 Å². The van der Waals surface area contributed by atoms with E-state index < -0.39 is 15.4 Å². The molecule has 1 heterocycles. The van der Waals surface area contributed by atoms with Gasteiger partial charge in [0, 0.05) is 26.2 Å². The molecule has 2 fully saturated rings. The molecule has 1 aliphatic heterocycles. The maximum atomic E-state index is 12.8. The average Bonchev–Trinajstić information content (AvgIpc) is 3.12. The lowest BCUT2D eigenvalue weighted by molar-refractivity contribution is -0.140. The number of rotatable bonds is 3. The molecule has 1 aromatic rings. The van der Waals surface area contributed by atoms with E-state index in [0.29, 0.717) is 25.9 Å². The molecule has 2 aliphatic rings. The van der Waals surface area contributed by atoms with Crippen molar-refractivity contribution in [2.75, 3.05) is 26.2 Å². The monoisotopic (exact) mass is 361 g/mol. The van der Waals surface area contributed by atoms with Gasteiger partial charge in [0.25, 0.3) is 0 Å². The zero-order chi connectivity index (χ0) is 18.1. The normalized spacial score (nSPS) is 21.0. The lowest BCUT2D eigenvalue weighted by Gasteiger charge is -2.37. The van der Waals surface area contributed by atoms with Gasteiger partial charge in [-0.1, -0.05) is 30.5 Å². The zero-order valence-electron chi connectivity index (χ0n) is 14.4. The highest BCUT2D eigenvalue weighted by Gasteiger charge is 2.45. The van der Waals surface area contributed by atoms with E-state index in [9.17, 15) is 18.5 Å². The van der Waals surface area contributed by atoms with Crippen LogP contribution in [-0.2, 0) is 14.8 Å². The van der Waals surface area contributed by atoms with Crippen molar-refractivity contribution in [3.05, 3.63) is 29.8 Å². The van der Waals surface area contributed by atoms with Crippen LogP contribution in [0.1, 0.15) is 31.2 Å². The van der Waals surface area contributed by atoms with Crippen LogP contribution in [0.2, 0.25) is 0 Å². The summed E-state index contributed by atoms with van der Waals surface area (Å²) in [5.74, 6) is -0.125. The van der Waals surface area contributed by atoms with E-state index in [0.717, 1.165) is 18.4 Å². The van der Waals surface area contributed by atoms with Crippen molar-refractivity contribution < 1.29 is 13.2 Å². The predicted octanol–water partition coefficient (Wildman–Crippen LogP) is 1.91. The first-order chi connectivity index (χ1) is 11.9. The van der Waals surface area contributed by atoms with E-state index in [4.69, 9.17) is 0 Å². The van der Waals surface area contributed by atoms with Crippen molar-refractivity contribution >= 4 is 15.9 Å². The quantitative estimate of drug-likeness (QED) is 0.823. The van der Waals surface area contributed by atoms with E-state index in [1.54, 1.807) is 29.2 Å². The van der Waals surface area contributed by atoms with Crippen LogP contribution >= 0.6 is 0 Å². The van der Waals surface area contributed by atoms with Crippen molar-refractivity contribution in [3.63, 3.8) is 0 Å². The largest absolute Gasteiger partial charge is 0.339 e.